The molecule has 11 heteroatoms. The van der Waals surface area contributed by atoms with Gasteiger partial charge in [-0.25, -0.2) is 22.9 Å². The van der Waals surface area contributed by atoms with Crippen molar-refractivity contribution in [2.45, 2.75) is 61.9 Å². The number of hydrogen-bond donors (Lipinski definition) is 0. The van der Waals surface area contributed by atoms with Crippen LogP contribution in [0.3, 0.4) is 0 Å². The standard InChI is InChI=1S/C23H31N7O3S/c1-34(32,33)19-8-25-29(10-19)9-16-4-22(5-16)11-27(12-22)21(31)28-13-23(14-28)6-18(7-23)30-15-24-20(26-30)17-2-3-17/h8,10,15-18H,2-7,9,11-14H2,1H3. The Kier molecular flexibility index (Phi) is 4.20. The number of amides is 2. The van der Waals surface area contributed by atoms with Crippen LogP contribution in [0.15, 0.2) is 23.6 Å². The van der Waals surface area contributed by atoms with E-state index in [-0.39, 0.29) is 16.3 Å². The molecular formula is C23H31N7O3S. The molecule has 10 nitrogen and oxygen atoms in total. The lowest BCUT2D eigenvalue weighted by Crippen LogP contribution is -2.71. The number of sulfone groups is 1. The van der Waals surface area contributed by atoms with Gasteiger partial charge in [-0.1, -0.05) is 0 Å². The molecule has 7 rings (SSSR count). The molecule has 4 heterocycles. The maximum absolute atomic E-state index is 12.9. The second kappa shape index (κ2) is 6.83. The van der Waals surface area contributed by atoms with E-state index in [4.69, 9.17) is 0 Å². The summed E-state index contributed by atoms with van der Waals surface area (Å²) in [6, 6.07) is 0.643. The van der Waals surface area contributed by atoms with E-state index in [1.165, 1.54) is 25.3 Å². The molecule has 0 unspecified atom stereocenters. The van der Waals surface area contributed by atoms with Crippen LogP contribution in [0.5, 0.6) is 0 Å². The maximum atomic E-state index is 12.9. The zero-order valence-electron chi connectivity index (χ0n) is 19.5. The fourth-order valence-electron chi connectivity index (χ4n) is 6.83. The van der Waals surface area contributed by atoms with Gasteiger partial charge in [0.25, 0.3) is 0 Å². The van der Waals surface area contributed by atoms with Gasteiger partial charge in [0.2, 0.25) is 0 Å². The second-order valence-corrected chi connectivity index (χ2v) is 13.9. The number of rotatable bonds is 5. The highest BCUT2D eigenvalue weighted by molar-refractivity contribution is 7.90. The average Bonchev–Trinajstić information content (AvgIpc) is 3.19. The molecule has 2 saturated heterocycles. The highest BCUT2D eigenvalue weighted by Gasteiger charge is 2.58. The Morgan fingerprint density at radius 1 is 1.06 bits per heavy atom. The summed E-state index contributed by atoms with van der Waals surface area (Å²) in [5.41, 5.74) is 0.564. The van der Waals surface area contributed by atoms with E-state index in [1.54, 1.807) is 10.9 Å². The van der Waals surface area contributed by atoms with E-state index in [1.807, 2.05) is 16.1 Å². The van der Waals surface area contributed by atoms with Crippen LogP contribution in [-0.2, 0) is 16.4 Å². The number of hydrogen-bond acceptors (Lipinski definition) is 6. The molecule has 5 aliphatic rings. The molecule has 0 radical (unpaired) electrons. The number of aromatic nitrogens is 5. The third-order valence-electron chi connectivity index (χ3n) is 8.75. The highest BCUT2D eigenvalue weighted by atomic mass is 32.2. The smallest absolute Gasteiger partial charge is 0.320 e. The molecule has 182 valence electrons. The van der Waals surface area contributed by atoms with Crippen LogP contribution in [0.25, 0.3) is 0 Å². The van der Waals surface area contributed by atoms with Gasteiger partial charge in [0.1, 0.15) is 11.2 Å². The quantitative estimate of drug-likeness (QED) is 0.641. The summed E-state index contributed by atoms with van der Waals surface area (Å²) < 4.78 is 27.1. The van der Waals surface area contributed by atoms with Gasteiger partial charge in [-0.2, -0.15) is 10.2 Å². The molecule has 5 fully saturated rings. The zero-order valence-corrected chi connectivity index (χ0v) is 20.3. The fourth-order valence-corrected chi connectivity index (χ4v) is 7.38. The van der Waals surface area contributed by atoms with Crippen molar-refractivity contribution in [3.8, 4) is 0 Å². The van der Waals surface area contributed by atoms with Crippen molar-refractivity contribution in [1.82, 2.24) is 34.3 Å². The molecule has 2 spiro atoms. The van der Waals surface area contributed by atoms with E-state index < -0.39 is 9.84 Å². The van der Waals surface area contributed by atoms with Crippen LogP contribution < -0.4 is 0 Å². The van der Waals surface area contributed by atoms with Gasteiger partial charge in [0, 0.05) is 61.9 Å². The van der Waals surface area contributed by atoms with Gasteiger partial charge in [-0.3, -0.25) is 4.68 Å². The number of carbonyl (C=O) groups excluding carboxylic acids is 1. The van der Waals surface area contributed by atoms with Crippen LogP contribution in [0, 0.1) is 16.7 Å². The van der Waals surface area contributed by atoms with Gasteiger partial charge in [0.15, 0.2) is 15.7 Å². The van der Waals surface area contributed by atoms with Gasteiger partial charge in [0.05, 0.1) is 12.2 Å². The van der Waals surface area contributed by atoms with Crippen molar-refractivity contribution < 1.29 is 13.2 Å². The summed E-state index contributed by atoms with van der Waals surface area (Å²) in [6.45, 7) is 4.20. The molecule has 0 N–H and O–H groups in total. The summed E-state index contributed by atoms with van der Waals surface area (Å²) in [5.74, 6) is 2.11. The molecule has 2 aliphatic heterocycles. The number of carbonyl (C=O) groups is 1. The Hall–Kier alpha value is -2.43. The first-order valence-electron chi connectivity index (χ1n) is 12.4. The Morgan fingerprint density at radius 2 is 1.71 bits per heavy atom. The van der Waals surface area contributed by atoms with Gasteiger partial charge < -0.3 is 9.80 Å². The third-order valence-corrected chi connectivity index (χ3v) is 9.82. The van der Waals surface area contributed by atoms with Crippen molar-refractivity contribution in [2.24, 2.45) is 16.7 Å². The lowest BCUT2D eigenvalue weighted by Gasteiger charge is -2.63. The van der Waals surface area contributed by atoms with Crippen LogP contribution >= 0.6 is 0 Å². The predicted molar refractivity (Wildman–Crippen MR) is 122 cm³/mol. The van der Waals surface area contributed by atoms with E-state index in [2.05, 4.69) is 19.9 Å². The molecule has 0 bridgehead atoms. The van der Waals surface area contributed by atoms with E-state index in [0.29, 0.717) is 23.3 Å². The fraction of sp³-hybridized carbons (Fsp3) is 0.739. The van der Waals surface area contributed by atoms with Gasteiger partial charge >= 0.3 is 6.03 Å². The first-order valence-corrected chi connectivity index (χ1v) is 14.3. The minimum absolute atomic E-state index is 0.199. The van der Waals surface area contributed by atoms with Crippen LogP contribution in [0.4, 0.5) is 4.79 Å². The van der Waals surface area contributed by atoms with Crippen molar-refractivity contribution >= 4 is 15.9 Å². The summed E-state index contributed by atoms with van der Waals surface area (Å²) in [4.78, 5) is 21.7. The molecule has 2 aromatic heterocycles. The van der Waals surface area contributed by atoms with Crippen molar-refractivity contribution in [2.75, 3.05) is 32.4 Å². The molecule has 34 heavy (non-hydrogen) atoms. The van der Waals surface area contributed by atoms with E-state index >= 15 is 0 Å². The van der Waals surface area contributed by atoms with E-state index in [0.717, 1.165) is 64.2 Å². The lowest BCUT2D eigenvalue weighted by molar-refractivity contribution is -0.109. The van der Waals surface area contributed by atoms with Crippen LogP contribution in [0.1, 0.15) is 56.3 Å². The second-order valence-electron chi connectivity index (χ2n) is 11.9. The summed E-state index contributed by atoms with van der Waals surface area (Å²) in [7, 11) is -3.21. The average molecular weight is 486 g/mol. The predicted octanol–water partition coefficient (Wildman–Crippen LogP) is 1.92. The Bertz CT molecular complexity index is 1230. The Balaban J connectivity index is 0.849. The van der Waals surface area contributed by atoms with Crippen LogP contribution in [0.2, 0.25) is 0 Å². The molecule has 3 saturated carbocycles. The number of nitrogens with zero attached hydrogens (tertiary/aromatic N) is 7. The first-order chi connectivity index (χ1) is 16.2. The van der Waals surface area contributed by atoms with Gasteiger partial charge in [-0.15, -0.1) is 0 Å². The first kappa shape index (κ1) is 20.9. The molecule has 3 aliphatic carbocycles. The zero-order chi connectivity index (χ0) is 23.3. The Labute approximate surface area is 199 Å². The third kappa shape index (κ3) is 3.37. The summed E-state index contributed by atoms with van der Waals surface area (Å²) in [5, 5.41) is 8.89. The maximum Gasteiger partial charge on any atom is 0.320 e. The number of urea groups is 1. The van der Waals surface area contributed by atoms with Crippen LogP contribution in [-0.4, -0.2) is 81.2 Å². The monoisotopic (exact) mass is 485 g/mol. The normalized spacial score (nSPS) is 25.7. The van der Waals surface area contributed by atoms with Crippen molar-refractivity contribution in [3.05, 3.63) is 24.5 Å². The van der Waals surface area contributed by atoms with Gasteiger partial charge in [-0.05, 0) is 44.4 Å². The van der Waals surface area contributed by atoms with Crippen molar-refractivity contribution in [1.29, 1.82) is 0 Å². The Morgan fingerprint density at radius 3 is 2.29 bits per heavy atom. The largest absolute Gasteiger partial charge is 0.323 e. The molecule has 2 aromatic rings. The van der Waals surface area contributed by atoms with E-state index in [9.17, 15) is 13.2 Å². The molecule has 0 aromatic carbocycles. The minimum Gasteiger partial charge on any atom is -0.323 e. The molecule has 2 amide bonds. The number of likely N-dealkylation sites (tertiary alicyclic amines) is 2. The lowest BCUT2D eigenvalue weighted by atomic mass is 9.57. The van der Waals surface area contributed by atoms with Crippen molar-refractivity contribution in [3.63, 3.8) is 0 Å². The molecule has 0 atom stereocenters. The molecular weight excluding hydrogens is 454 g/mol. The summed E-state index contributed by atoms with van der Waals surface area (Å²) >= 11 is 0. The SMILES string of the molecule is CS(=O)(=O)c1cnn(CC2CC3(C2)CN(C(=O)N2CC4(CC(n5cnc(C6CC6)n5)C4)C2)C3)c1. The minimum atomic E-state index is -3.21. The summed E-state index contributed by atoms with van der Waals surface area (Å²) in [6.07, 6.45) is 13.0. The highest BCUT2D eigenvalue weighted by Crippen LogP contribution is 2.56. The topological polar surface area (TPSA) is 106 Å².